The maximum Gasteiger partial charge on any atom is 0.410 e. The lowest BCUT2D eigenvalue weighted by atomic mass is 9.97. The molecule has 0 unspecified atom stereocenters. The Kier molecular flexibility index (Phi) is 3.04. The summed E-state index contributed by atoms with van der Waals surface area (Å²) in [5.74, 6) is -0.343. The highest BCUT2D eigenvalue weighted by Crippen LogP contribution is 2.28. The van der Waals surface area contributed by atoms with Crippen LogP contribution in [0, 0.1) is 5.82 Å². The predicted molar refractivity (Wildman–Crippen MR) is 63.7 cm³/mol. The third-order valence-electron chi connectivity index (χ3n) is 2.73. The van der Waals surface area contributed by atoms with Crippen molar-refractivity contribution < 1.29 is 13.9 Å². The van der Waals surface area contributed by atoms with E-state index in [0.29, 0.717) is 18.8 Å². The molecule has 0 spiro atoms. The number of carbonyl (C=O) groups excluding carboxylic acids is 1. The van der Waals surface area contributed by atoms with E-state index < -0.39 is 5.60 Å². The van der Waals surface area contributed by atoms with Crippen LogP contribution in [0.5, 0.6) is 0 Å². The van der Waals surface area contributed by atoms with Crippen molar-refractivity contribution in [2.75, 3.05) is 13.1 Å². The van der Waals surface area contributed by atoms with Crippen LogP contribution in [0.3, 0.4) is 0 Å². The third-order valence-corrected chi connectivity index (χ3v) is 2.73. The molecule has 100 valence electrons. The van der Waals surface area contributed by atoms with Crippen LogP contribution in [0.4, 0.5) is 9.18 Å². The quantitative estimate of drug-likeness (QED) is 0.770. The highest BCUT2D eigenvalue weighted by molar-refractivity contribution is 5.69. The zero-order valence-electron chi connectivity index (χ0n) is 11.1. The standard InChI is InChI=1S/C12H18FN3O2/c1-12(2,3)18-11(17)16-5-8(6-16)10-9(13)7-15(4)14-10/h7-8H,5-6H2,1-4H3. The van der Waals surface area contributed by atoms with Crippen molar-refractivity contribution in [3.63, 3.8) is 0 Å². The van der Waals surface area contributed by atoms with Gasteiger partial charge in [-0.15, -0.1) is 0 Å². The van der Waals surface area contributed by atoms with E-state index in [-0.39, 0.29) is 17.8 Å². The van der Waals surface area contributed by atoms with Gasteiger partial charge in [-0.3, -0.25) is 4.68 Å². The number of rotatable bonds is 1. The number of hydrogen-bond donors (Lipinski definition) is 0. The van der Waals surface area contributed by atoms with Crippen molar-refractivity contribution in [2.24, 2.45) is 7.05 Å². The van der Waals surface area contributed by atoms with Crippen LogP contribution in [0.15, 0.2) is 6.20 Å². The van der Waals surface area contributed by atoms with Gasteiger partial charge in [0.1, 0.15) is 11.3 Å². The molecular weight excluding hydrogens is 237 g/mol. The average molecular weight is 255 g/mol. The second-order valence-electron chi connectivity index (χ2n) is 5.62. The van der Waals surface area contributed by atoms with E-state index in [4.69, 9.17) is 4.74 Å². The minimum Gasteiger partial charge on any atom is -0.444 e. The van der Waals surface area contributed by atoms with E-state index in [1.807, 2.05) is 20.8 Å². The van der Waals surface area contributed by atoms with Gasteiger partial charge in [0.2, 0.25) is 0 Å². The molecule has 1 saturated heterocycles. The van der Waals surface area contributed by atoms with Gasteiger partial charge in [-0.1, -0.05) is 0 Å². The van der Waals surface area contributed by atoms with E-state index in [1.54, 1.807) is 11.9 Å². The molecule has 1 aliphatic heterocycles. The number of likely N-dealkylation sites (tertiary alicyclic amines) is 1. The highest BCUT2D eigenvalue weighted by Gasteiger charge is 2.37. The monoisotopic (exact) mass is 255 g/mol. The normalized spacial score (nSPS) is 16.6. The Morgan fingerprint density at radius 3 is 2.56 bits per heavy atom. The minimum atomic E-state index is -0.502. The van der Waals surface area contributed by atoms with Gasteiger partial charge >= 0.3 is 6.09 Å². The van der Waals surface area contributed by atoms with Crippen LogP contribution in [-0.4, -0.2) is 39.5 Å². The number of hydrogen-bond acceptors (Lipinski definition) is 3. The van der Waals surface area contributed by atoms with Crippen LogP contribution in [0.2, 0.25) is 0 Å². The number of aromatic nitrogens is 2. The van der Waals surface area contributed by atoms with Gasteiger partial charge in [0.25, 0.3) is 0 Å². The smallest absolute Gasteiger partial charge is 0.410 e. The van der Waals surface area contributed by atoms with E-state index in [9.17, 15) is 9.18 Å². The number of aryl methyl sites for hydroxylation is 1. The summed E-state index contributed by atoms with van der Waals surface area (Å²) in [5.41, 5.74) is -0.0735. The Morgan fingerprint density at radius 2 is 2.11 bits per heavy atom. The van der Waals surface area contributed by atoms with Crippen LogP contribution >= 0.6 is 0 Å². The number of ether oxygens (including phenoxy) is 1. The molecule has 2 heterocycles. The SMILES string of the molecule is Cn1cc(F)c(C2CN(C(=O)OC(C)(C)C)C2)n1. The van der Waals surface area contributed by atoms with Gasteiger partial charge in [-0.2, -0.15) is 5.10 Å². The van der Waals surface area contributed by atoms with Crippen LogP contribution < -0.4 is 0 Å². The first-order chi connectivity index (χ1) is 8.26. The van der Waals surface area contributed by atoms with Gasteiger partial charge in [0, 0.05) is 26.1 Å². The molecule has 0 bridgehead atoms. The van der Waals surface area contributed by atoms with Crippen molar-refractivity contribution >= 4 is 6.09 Å². The first-order valence-electron chi connectivity index (χ1n) is 5.93. The maximum atomic E-state index is 13.5. The van der Waals surface area contributed by atoms with E-state index in [2.05, 4.69) is 5.10 Å². The summed E-state index contributed by atoms with van der Waals surface area (Å²) in [6.45, 7) is 6.38. The molecule has 1 aromatic rings. The van der Waals surface area contributed by atoms with Gasteiger partial charge < -0.3 is 9.64 Å². The maximum absolute atomic E-state index is 13.5. The predicted octanol–water partition coefficient (Wildman–Crippen LogP) is 1.89. The first kappa shape index (κ1) is 12.9. The molecule has 1 fully saturated rings. The van der Waals surface area contributed by atoms with Crippen molar-refractivity contribution in [2.45, 2.75) is 32.3 Å². The van der Waals surface area contributed by atoms with E-state index in [0.717, 1.165) is 0 Å². The van der Waals surface area contributed by atoms with Crippen molar-refractivity contribution in [3.8, 4) is 0 Å². The average Bonchev–Trinajstić information content (AvgIpc) is 2.39. The molecule has 0 aliphatic carbocycles. The van der Waals surface area contributed by atoms with Crippen LogP contribution in [0.25, 0.3) is 0 Å². The summed E-state index contributed by atoms with van der Waals surface area (Å²) in [4.78, 5) is 13.3. The number of nitrogens with zero attached hydrogens (tertiary/aromatic N) is 3. The van der Waals surface area contributed by atoms with Gasteiger partial charge in [-0.05, 0) is 20.8 Å². The van der Waals surface area contributed by atoms with Gasteiger partial charge in [-0.25, -0.2) is 9.18 Å². The fourth-order valence-corrected chi connectivity index (χ4v) is 1.88. The van der Waals surface area contributed by atoms with Gasteiger partial charge in [0.15, 0.2) is 5.82 Å². The molecule has 0 radical (unpaired) electrons. The van der Waals surface area contributed by atoms with Crippen LogP contribution in [0.1, 0.15) is 32.4 Å². The molecule has 0 aromatic carbocycles. The minimum absolute atomic E-state index is 0.0290. The Balaban J connectivity index is 1.91. The lowest BCUT2D eigenvalue weighted by molar-refractivity contribution is 0.00755. The Hall–Kier alpha value is -1.59. The second-order valence-corrected chi connectivity index (χ2v) is 5.62. The number of carbonyl (C=O) groups is 1. The fraction of sp³-hybridized carbons (Fsp3) is 0.667. The summed E-state index contributed by atoms with van der Waals surface area (Å²) in [6.07, 6.45) is 0.987. The Morgan fingerprint density at radius 1 is 1.50 bits per heavy atom. The summed E-state index contributed by atoms with van der Waals surface area (Å²) in [7, 11) is 1.68. The zero-order valence-corrected chi connectivity index (χ0v) is 11.1. The molecule has 0 saturated carbocycles. The lowest BCUT2D eigenvalue weighted by Gasteiger charge is -2.38. The lowest BCUT2D eigenvalue weighted by Crippen LogP contribution is -2.50. The molecule has 0 atom stereocenters. The van der Waals surface area contributed by atoms with E-state index in [1.165, 1.54) is 10.9 Å². The molecule has 5 nitrogen and oxygen atoms in total. The van der Waals surface area contributed by atoms with Crippen LogP contribution in [-0.2, 0) is 11.8 Å². The summed E-state index contributed by atoms with van der Waals surface area (Å²) in [5, 5.41) is 4.06. The summed E-state index contributed by atoms with van der Waals surface area (Å²) >= 11 is 0. The molecule has 1 aliphatic rings. The fourth-order valence-electron chi connectivity index (χ4n) is 1.88. The summed E-state index contributed by atoms with van der Waals surface area (Å²) < 4.78 is 20.1. The van der Waals surface area contributed by atoms with Crippen molar-refractivity contribution in [3.05, 3.63) is 17.7 Å². The van der Waals surface area contributed by atoms with E-state index >= 15 is 0 Å². The Bertz CT molecular complexity index is 458. The Labute approximate surface area is 106 Å². The zero-order chi connectivity index (χ0) is 13.5. The first-order valence-corrected chi connectivity index (χ1v) is 5.93. The summed E-state index contributed by atoms with van der Waals surface area (Å²) in [6, 6.07) is 0. The molecule has 0 N–H and O–H groups in total. The topological polar surface area (TPSA) is 47.4 Å². The van der Waals surface area contributed by atoms with Gasteiger partial charge in [0.05, 0.1) is 6.20 Å². The largest absolute Gasteiger partial charge is 0.444 e. The second kappa shape index (κ2) is 4.26. The van der Waals surface area contributed by atoms with Crippen molar-refractivity contribution in [1.29, 1.82) is 0 Å². The third kappa shape index (κ3) is 2.63. The molecule has 1 aromatic heterocycles. The number of halogens is 1. The highest BCUT2D eigenvalue weighted by atomic mass is 19.1. The molecule has 2 rings (SSSR count). The molecular formula is C12H18FN3O2. The molecule has 1 amide bonds. The molecule has 6 heteroatoms. The number of amides is 1. The molecule has 18 heavy (non-hydrogen) atoms. The van der Waals surface area contributed by atoms with Crippen molar-refractivity contribution in [1.82, 2.24) is 14.7 Å².